The smallest absolute Gasteiger partial charge is 0.0621 e. The molecule has 16 heavy (non-hydrogen) atoms. The molecule has 0 saturated heterocycles. The van der Waals surface area contributed by atoms with Gasteiger partial charge in [0.1, 0.15) is 0 Å². The number of rotatable bonds is 8. The van der Waals surface area contributed by atoms with Gasteiger partial charge in [-0.25, -0.2) is 0 Å². The lowest BCUT2D eigenvalue weighted by Gasteiger charge is -1.94. The zero-order valence-electron chi connectivity index (χ0n) is 10.1. The summed E-state index contributed by atoms with van der Waals surface area (Å²) in [5.41, 5.74) is 10.6. The lowest BCUT2D eigenvalue weighted by molar-refractivity contribution is 0.653. The summed E-state index contributed by atoms with van der Waals surface area (Å²) in [4.78, 5) is 0. The third-order valence-corrected chi connectivity index (χ3v) is 1.99. The molecular weight excluding hydrogens is 200 g/mol. The van der Waals surface area contributed by atoms with E-state index in [9.17, 15) is 0 Å². The fourth-order valence-corrected chi connectivity index (χ4v) is 1.05. The molecule has 0 radical (unpaired) electrons. The number of nitrogens with two attached hydrogens (primary N) is 2. The van der Waals surface area contributed by atoms with Gasteiger partial charge in [-0.05, 0) is 38.8 Å². The van der Waals surface area contributed by atoms with E-state index in [0.29, 0.717) is 12.8 Å². The van der Waals surface area contributed by atoms with Crippen LogP contribution in [0.25, 0.3) is 0 Å². The fraction of sp³-hybridized carbons (Fsp3) is 0.833. The Labute approximate surface area is 99.2 Å². The maximum Gasteiger partial charge on any atom is 0.0621 e. The Morgan fingerprint density at radius 1 is 0.625 bits per heavy atom. The van der Waals surface area contributed by atoms with E-state index < -0.39 is 0 Å². The minimum Gasteiger partial charge on any atom is -0.330 e. The zero-order valence-corrected chi connectivity index (χ0v) is 10.1. The molecule has 0 aromatic carbocycles. The summed E-state index contributed by atoms with van der Waals surface area (Å²) in [5.74, 6) is 0. The van der Waals surface area contributed by atoms with Crippen molar-refractivity contribution in [3.63, 3.8) is 0 Å². The molecule has 0 unspecified atom stereocenters. The molecule has 92 valence electrons. The SMILES string of the molecule is N#CCCCCC#N.NCCCCCCN. The van der Waals surface area contributed by atoms with Crippen LogP contribution in [0, 0.1) is 22.7 Å². The van der Waals surface area contributed by atoms with Crippen molar-refractivity contribution in [1.29, 1.82) is 10.5 Å². The normalized spacial score (nSPS) is 8.50. The van der Waals surface area contributed by atoms with Crippen molar-refractivity contribution in [2.75, 3.05) is 13.1 Å². The molecule has 0 rings (SSSR count). The van der Waals surface area contributed by atoms with Gasteiger partial charge in [0.25, 0.3) is 0 Å². The first kappa shape index (κ1) is 17.3. The quantitative estimate of drug-likeness (QED) is 0.616. The number of nitriles is 2. The third-order valence-electron chi connectivity index (χ3n) is 1.99. The Bertz CT molecular complexity index is 168. The Balaban J connectivity index is 0. The fourth-order valence-electron chi connectivity index (χ4n) is 1.05. The van der Waals surface area contributed by atoms with Crippen molar-refractivity contribution in [1.82, 2.24) is 0 Å². The number of nitrogens with zero attached hydrogens (tertiary/aromatic N) is 2. The molecule has 0 aliphatic rings. The monoisotopic (exact) mass is 224 g/mol. The van der Waals surface area contributed by atoms with Crippen LogP contribution in [0.2, 0.25) is 0 Å². The Hall–Kier alpha value is -1.10. The molecule has 0 atom stereocenters. The van der Waals surface area contributed by atoms with Crippen LogP contribution in [-0.2, 0) is 0 Å². The topological polar surface area (TPSA) is 99.6 Å². The first-order valence-corrected chi connectivity index (χ1v) is 5.97. The van der Waals surface area contributed by atoms with E-state index in [4.69, 9.17) is 22.0 Å². The minimum absolute atomic E-state index is 0.585. The van der Waals surface area contributed by atoms with Gasteiger partial charge >= 0.3 is 0 Å². The molecule has 0 spiro atoms. The summed E-state index contributed by atoms with van der Waals surface area (Å²) in [6.07, 6.45) is 7.69. The van der Waals surface area contributed by atoms with Crippen LogP contribution in [0.15, 0.2) is 0 Å². The lowest BCUT2D eigenvalue weighted by atomic mass is 10.2. The molecule has 0 heterocycles. The van der Waals surface area contributed by atoms with Gasteiger partial charge in [0.05, 0.1) is 12.1 Å². The van der Waals surface area contributed by atoms with Crippen molar-refractivity contribution >= 4 is 0 Å². The van der Waals surface area contributed by atoms with E-state index in [1.807, 2.05) is 12.1 Å². The van der Waals surface area contributed by atoms with Gasteiger partial charge in [-0.1, -0.05) is 12.8 Å². The van der Waals surface area contributed by atoms with Gasteiger partial charge in [0.15, 0.2) is 0 Å². The second kappa shape index (κ2) is 19.5. The summed E-state index contributed by atoms with van der Waals surface area (Å²) in [6.45, 7) is 1.65. The average Bonchev–Trinajstić information content (AvgIpc) is 2.31. The Kier molecular flexibility index (Phi) is 21.1. The van der Waals surface area contributed by atoms with Crippen LogP contribution < -0.4 is 11.5 Å². The molecule has 0 amide bonds. The van der Waals surface area contributed by atoms with Crippen LogP contribution >= 0.6 is 0 Å². The molecule has 0 aliphatic carbocycles. The number of hydrogen-bond acceptors (Lipinski definition) is 4. The highest BCUT2D eigenvalue weighted by atomic mass is 14.5. The molecule has 0 fully saturated rings. The van der Waals surface area contributed by atoms with Crippen molar-refractivity contribution in [2.45, 2.75) is 51.4 Å². The second-order valence-electron chi connectivity index (χ2n) is 3.51. The number of unbranched alkanes of at least 4 members (excludes halogenated alkanes) is 6. The van der Waals surface area contributed by atoms with E-state index >= 15 is 0 Å². The number of hydrogen-bond donors (Lipinski definition) is 2. The van der Waals surface area contributed by atoms with Crippen molar-refractivity contribution in [2.24, 2.45) is 11.5 Å². The van der Waals surface area contributed by atoms with Crippen molar-refractivity contribution < 1.29 is 0 Å². The van der Waals surface area contributed by atoms with E-state index in [1.165, 1.54) is 12.8 Å². The van der Waals surface area contributed by atoms with Gasteiger partial charge in [-0.2, -0.15) is 10.5 Å². The predicted octanol–water partition coefficient (Wildman–Crippen LogP) is 2.06. The van der Waals surface area contributed by atoms with Gasteiger partial charge < -0.3 is 11.5 Å². The van der Waals surface area contributed by atoms with Crippen LogP contribution in [0.4, 0.5) is 0 Å². The van der Waals surface area contributed by atoms with Gasteiger partial charge in [-0.3, -0.25) is 0 Å². The maximum absolute atomic E-state index is 8.03. The zero-order chi connectivity index (χ0) is 12.5. The molecule has 0 aromatic rings. The first-order valence-electron chi connectivity index (χ1n) is 5.97. The van der Waals surface area contributed by atoms with Crippen molar-refractivity contribution in [3.8, 4) is 12.1 Å². The van der Waals surface area contributed by atoms with Crippen LogP contribution in [0.5, 0.6) is 0 Å². The molecule has 0 saturated carbocycles. The standard InChI is InChI=1S/C6H16N2.C6H8N2/c2*7-5-3-1-2-4-6-8/h1-8H2;1-4H2. The lowest BCUT2D eigenvalue weighted by Crippen LogP contribution is -2.00. The Morgan fingerprint density at radius 2 is 1.00 bits per heavy atom. The summed E-state index contributed by atoms with van der Waals surface area (Å²) < 4.78 is 0. The largest absolute Gasteiger partial charge is 0.330 e. The Morgan fingerprint density at radius 3 is 1.25 bits per heavy atom. The van der Waals surface area contributed by atoms with E-state index in [0.717, 1.165) is 38.8 Å². The molecule has 0 bridgehead atoms. The summed E-state index contributed by atoms with van der Waals surface area (Å²) >= 11 is 0. The van der Waals surface area contributed by atoms with Gasteiger partial charge in [0, 0.05) is 12.8 Å². The van der Waals surface area contributed by atoms with E-state index in [1.54, 1.807) is 0 Å². The summed E-state index contributed by atoms with van der Waals surface area (Å²) in [5, 5.41) is 16.1. The third kappa shape index (κ3) is 23.1. The first-order chi connectivity index (χ1) is 7.83. The van der Waals surface area contributed by atoms with E-state index in [2.05, 4.69) is 0 Å². The van der Waals surface area contributed by atoms with Gasteiger partial charge in [0.2, 0.25) is 0 Å². The minimum atomic E-state index is 0.585. The molecule has 0 aromatic heterocycles. The molecule has 0 aliphatic heterocycles. The molecule has 4 N–H and O–H groups in total. The second-order valence-corrected chi connectivity index (χ2v) is 3.51. The maximum atomic E-state index is 8.03. The van der Waals surface area contributed by atoms with Gasteiger partial charge in [-0.15, -0.1) is 0 Å². The van der Waals surface area contributed by atoms with Crippen LogP contribution in [0.1, 0.15) is 51.4 Å². The highest BCUT2D eigenvalue weighted by molar-refractivity contribution is 4.72. The summed E-state index contributed by atoms with van der Waals surface area (Å²) in [7, 11) is 0. The average molecular weight is 224 g/mol. The van der Waals surface area contributed by atoms with E-state index in [-0.39, 0.29) is 0 Å². The molecule has 4 heteroatoms. The van der Waals surface area contributed by atoms with Crippen LogP contribution in [-0.4, -0.2) is 13.1 Å². The highest BCUT2D eigenvalue weighted by Crippen LogP contribution is 1.96. The van der Waals surface area contributed by atoms with Crippen LogP contribution in [0.3, 0.4) is 0 Å². The highest BCUT2D eigenvalue weighted by Gasteiger charge is 1.84. The predicted molar refractivity (Wildman–Crippen MR) is 66.3 cm³/mol. The summed E-state index contributed by atoms with van der Waals surface area (Å²) in [6, 6.07) is 4.03. The molecule has 4 nitrogen and oxygen atoms in total. The van der Waals surface area contributed by atoms with Crippen molar-refractivity contribution in [3.05, 3.63) is 0 Å². The molecular formula is C12H24N4.